The molecule has 3 rings (SSSR count). The van der Waals surface area contributed by atoms with Crippen LogP contribution in [0.1, 0.15) is 11.1 Å². The summed E-state index contributed by atoms with van der Waals surface area (Å²) in [7, 11) is 0. The van der Waals surface area contributed by atoms with Gasteiger partial charge in [0.05, 0.1) is 11.4 Å². The molecule has 1 heterocycles. The fraction of sp³-hybridized carbons (Fsp3) is 0.167. The zero-order valence-corrected chi connectivity index (χ0v) is 16.6. The number of benzene rings is 2. The van der Waals surface area contributed by atoms with E-state index in [4.69, 9.17) is 12.2 Å². The highest BCUT2D eigenvalue weighted by Crippen LogP contribution is 2.25. The maximum absolute atomic E-state index is 13.1. The van der Waals surface area contributed by atoms with Crippen LogP contribution in [-0.4, -0.2) is 21.4 Å². The van der Waals surface area contributed by atoms with Crippen molar-refractivity contribution in [2.24, 2.45) is 0 Å². The number of thioether (sulfide) groups is 1. The van der Waals surface area contributed by atoms with Gasteiger partial charge in [-0.1, -0.05) is 41.3 Å². The highest BCUT2D eigenvalue weighted by atomic mass is 32.2. The van der Waals surface area contributed by atoms with E-state index in [2.05, 4.69) is 10.4 Å². The smallest absolute Gasteiger partial charge is 0.234 e. The molecule has 1 aromatic heterocycles. The molecule has 4 nitrogen and oxygen atoms in total. The van der Waals surface area contributed by atoms with E-state index in [9.17, 15) is 9.18 Å². The van der Waals surface area contributed by atoms with Crippen molar-refractivity contribution in [3.63, 3.8) is 0 Å². The molecule has 8 heteroatoms. The number of carbonyl (C=O) groups is 1. The lowest BCUT2D eigenvalue weighted by molar-refractivity contribution is -0.113. The molecule has 134 valence electrons. The van der Waals surface area contributed by atoms with Crippen LogP contribution in [0.5, 0.6) is 0 Å². The van der Waals surface area contributed by atoms with Crippen LogP contribution in [0, 0.1) is 23.6 Å². The van der Waals surface area contributed by atoms with Crippen LogP contribution >= 0.6 is 35.3 Å². The largest absolute Gasteiger partial charge is 0.325 e. The molecule has 0 radical (unpaired) electrons. The minimum Gasteiger partial charge on any atom is -0.325 e. The topological polar surface area (TPSA) is 46.9 Å². The summed E-state index contributed by atoms with van der Waals surface area (Å²) >= 11 is 7.97. The number of hydrogen-bond acceptors (Lipinski definition) is 5. The molecule has 0 aliphatic rings. The SMILES string of the molecule is Cc1cccc(C)c1NC(=O)CSc1nn(-c2ccc(F)cc2)c(=S)s1. The van der Waals surface area contributed by atoms with E-state index in [1.165, 1.54) is 35.2 Å². The lowest BCUT2D eigenvalue weighted by Crippen LogP contribution is -2.15. The number of hydrogen-bond donors (Lipinski definition) is 1. The van der Waals surface area contributed by atoms with E-state index in [1.54, 1.807) is 16.8 Å². The van der Waals surface area contributed by atoms with Gasteiger partial charge in [-0.3, -0.25) is 4.79 Å². The van der Waals surface area contributed by atoms with Gasteiger partial charge in [-0.15, -0.1) is 5.10 Å². The van der Waals surface area contributed by atoms with Crippen molar-refractivity contribution < 1.29 is 9.18 Å². The van der Waals surface area contributed by atoms with E-state index < -0.39 is 0 Å². The first-order valence-electron chi connectivity index (χ1n) is 7.79. The van der Waals surface area contributed by atoms with Crippen LogP contribution in [-0.2, 0) is 4.79 Å². The molecule has 0 aliphatic heterocycles. The first kappa shape index (κ1) is 18.8. The quantitative estimate of drug-likeness (QED) is 0.471. The summed E-state index contributed by atoms with van der Waals surface area (Å²) in [6.07, 6.45) is 0. The Labute approximate surface area is 164 Å². The van der Waals surface area contributed by atoms with Crippen LogP contribution in [0.15, 0.2) is 46.8 Å². The third kappa shape index (κ3) is 4.38. The number of nitrogens with one attached hydrogen (secondary N) is 1. The second-order valence-electron chi connectivity index (χ2n) is 5.63. The Balaban J connectivity index is 1.67. The third-order valence-electron chi connectivity index (χ3n) is 3.67. The number of aromatic nitrogens is 2. The highest BCUT2D eigenvalue weighted by molar-refractivity contribution is 8.01. The van der Waals surface area contributed by atoms with E-state index in [-0.39, 0.29) is 17.5 Å². The predicted molar refractivity (Wildman–Crippen MR) is 108 cm³/mol. The zero-order chi connectivity index (χ0) is 18.7. The Kier molecular flexibility index (Phi) is 5.85. The molecule has 0 unspecified atom stereocenters. The predicted octanol–water partition coefficient (Wildman–Crippen LogP) is 5.15. The van der Waals surface area contributed by atoms with Gasteiger partial charge < -0.3 is 5.32 Å². The lowest BCUT2D eigenvalue weighted by Gasteiger charge is -2.10. The molecule has 0 saturated carbocycles. The van der Waals surface area contributed by atoms with Gasteiger partial charge in [0.1, 0.15) is 5.82 Å². The van der Waals surface area contributed by atoms with E-state index in [1.807, 2.05) is 32.0 Å². The fourth-order valence-corrected chi connectivity index (χ4v) is 4.54. The van der Waals surface area contributed by atoms with E-state index >= 15 is 0 Å². The van der Waals surface area contributed by atoms with Crippen LogP contribution in [0.4, 0.5) is 10.1 Å². The standard InChI is InChI=1S/C18H16FN3OS3/c1-11-4-3-5-12(2)16(11)20-15(23)10-25-17-21-22(18(24)26-17)14-8-6-13(19)7-9-14/h3-9H,10H2,1-2H3,(H,20,23). The Morgan fingerprint density at radius 2 is 1.88 bits per heavy atom. The average molecular weight is 406 g/mol. The molecule has 0 fully saturated rings. The molecular weight excluding hydrogens is 389 g/mol. The van der Waals surface area contributed by atoms with Crippen molar-refractivity contribution in [3.8, 4) is 5.69 Å². The molecule has 3 aromatic rings. The Hall–Kier alpha value is -2.03. The molecular formula is C18H16FN3OS3. The Bertz CT molecular complexity index is 975. The van der Waals surface area contributed by atoms with Crippen molar-refractivity contribution in [2.75, 3.05) is 11.1 Å². The number of amides is 1. The van der Waals surface area contributed by atoms with Crippen molar-refractivity contribution in [2.45, 2.75) is 18.2 Å². The number of anilines is 1. The summed E-state index contributed by atoms with van der Waals surface area (Å²) in [5.74, 6) is -0.172. The van der Waals surface area contributed by atoms with Gasteiger partial charge in [-0.25, -0.2) is 9.07 Å². The average Bonchev–Trinajstić information content (AvgIpc) is 2.98. The molecule has 0 spiro atoms. The number of rotatable bonds is 5. The molecule has 1 amide bonds. The van der Waals surface area contributed by atoms with Crippen molar-refractivity contribution >= 4 is 46.9 Å². The zero-order valence-electron chi connectivity index (χ0n) is 14.2. The first-order chi connectivity index (χ1) is 12.4. The Morgan fingerprint density at radius 1 is 1.23 bits per heavy atom. The number of carbonyl (C=O) groups excluding carboxylic acids is 1. The van der Waals surface area contributed by atoms with Crippen molar-refractivity contribution in [3.05, 3.63) is 63.4 Å². The molecule has 0 saturated heterocycles. The van der Waals surface area contributed by atoms with Crippen molar-refractivity contribution in [1.82, 2.24) is 9.78 Å². The number of aryl methyl sites for hydroxylation is 2. The minimum atomic E-state index is -0.312. The summed E-state index contributed by atoms with van der Waals surface area (Å²) in [5, 5.41) is 7.37. The lowest BCUT2D eigenvalue weighted by atomic mass is 10.1. The van der Waals surface area contributed by atoms with E-state index in [0.29, 0.717) is 14.0 Å². The molecule has 26 heavy (non-hydrogen) atoms. The normalized spacial score (nSPS) is 10.7. The second kappa shape index (κ2) is 8.11. The first-order valence-corrected chi connectivity index (χ1v) is 10.00. The van der Waals surface area contributed by atoms with Gasteiger partial charge >= 0.3 is 0 Å². The van der Waals surface area contributed by atoms with Gasteiger partial charge in [-0.2, -0.15) is 0 Å². The maximum Gasteiger partial charge on any atom is 0.234 e. The molecule has 0 bridgehead atoms. The summed E-state index contributed by atoms with van der Waals surface area (Å²) in [6.45, 7) is 3.93. The molecule has 0 atom stereocenters. The maximum atomic E-state index is 13.1. The van der Waals surface area contributed by atoms with Gasteiger partial charge in [0, 0.05) is 5.69 Å². The van der Waals surface area contributed by atoms with Crippen LogP contribution in [0.25, 0.3) is 5.69 Å². The van der Waals surface area contributed by atoms with Gasteiger partial charge in [0.15, 0.2) is 8.29 Å². The number of para-hydroxylation sites is 1. The van der Waals surface area contributed by atoms with Crippen LogP contribution < -0.4 is 5.32 Å². The van der Waals surface area contributed by atoms with Gasteiger partial charge in [0.25, 0.3) is 0 Å². The molecule has 2 aromatic carbocycles. The highest BCUT2D eigenvalue weighted by Gasteiger charge is 2.11. The van der Waals surface area contributed by atoms with Crippen LogP contribution in [0.3, 0.4) is 0 Å². The monoisotopic (exact) mass is 405 g/mol. The number of halogens is 1. The van der Waals surface area contributed by atoms with Gasteiger partial charge in [0.2, 0.25) is 5.91 Å². The summed E-state index contributed by atoms with van der Waals surface area (Å²) in [4.78, 5) is 12.3. The summed E-state index contributed by atoms with van der Waals surface area (Å²) in [6, 6.07) is 11.9. The molecule has 0 aliphatic carbocycles. The molecule has 1 N–H and O–H groups in total. The van der Waals surface area contributed by atoms with Crippen molar-refractivity contribution in [1.29, 1.82) is 0 Å². The summed E-state index contributed by atoms with van der Waals surface area (Å²) in [5.41, 5.74) is 3.60. The van der Waals surface area contributed by atoms with Gasteiger partial charge in [-0.05, 0) is 61.5 Å². The summed E-state index contributed by atoms with van der Waals surface area (Å²) < 4.78 is 15.9. The Morgan fingerprint density at radius 3 is 2.54 bits per heavy atom. The third-order valence-corrected chi connectivity index (χ3v) is 6.04. The van der Waals surface area contributed by atoms with Crippen LogP contribution in [0.2, 0.25) is 0 Å². The fourth-order valence-electron chi connectivity index (χ4n) is 2.38. The minimum absolute atomic E-state index is 0.0955. The second-order valence-corrected chi connectivity index (χ2v) is 8.47. The number of nitrogens with zero attached hydrogens (tertiary/aromatic N) is 2. The van der Waals surface area contributed by atoms with E-state index in [0.717, 1.165) is 16.8 Å².